The lowest BCUT2D eigenvalue weighted by atomic mass is 10.0. The number of aromatic nitrogens is 4. The van der Waals surface area contributed by atoms with Crippen LogP contribution >= 0.6 is 0 Å². The molecule has 1 aromatic carbocycles. The van der Waals surface area contributed by atoms with Crippen LogP contribution in [0.4, 0.5) is 11.5 Å². The van der Waals surface area contributed by atoms with E-state index in [1.165, 1.54) is 24.8 Å². The molecule has 0 spiro atoms. The zero-order valence-corrected chi connectivity index (χ0v) is 21.9. The summed E-state index contributed by atoms with van der Waals surface area (Å²) in [7, 11) is 2.17. The molecule has 38 heavy (non-hydrogen) atoms. The number of piperazine rings is 1. The van der Waals surface area contributed by atoms with Crippen LogP contribution in [-0.4, -0.2) is 82.2 Å². The average Bonchev–Trinajstić information content (AvgIpc) is 3.39. The number of hydrogen-bond acceptors (Lipinski definition) is 7. The van der Waals surface area contributed by atoms with Gasteiger partial charge in [-0.05, 0) is 67.8 Å². The zero-order chi connectivity index (χ0) is 25.9. The van der Waals surface area contributed by atoms with Gasteiger partial charge in [0.1, 0.15) is 5.82 Å². The summed E-state index contributed by atoms with van der Waals surface area (Å²) in [4.78, 5) is 29.4. The highest BCUT2D eigenvalue weighted by molar-refractivity contribution is 6.11. The van der Waals surface area contributed by atoms with Crippen molar-refractivity contribution < 1.29 is 4.79 Å². The molecule has 2 fully saturated rings. The summed E-state index contributed by atoms with van der Waals surface area (Å²) in [6.07, 6.45) is 9.23. The van der Waals surface area contributed by atoms with Crippen molar-refractivity contribution >= 4 is 28.3 Å². The first-order valence-electron chi connectivity index (χ1n) is 13.5. The Morgan fingerprint density at radius 1 is 0.921 bits per heavy atom. The van der Waals surface area contributed by atoms with E-state index in [2.05, 4.69) is 53.3 Å². The highest BCUT2D eigenvalue weighted by Crippen LogP contribution is 2.27. The van der Waals surface area contributed by atoms with Gasteiger partial charge in [0.25, 0.3) is 5.91 Å². The third kappa shape index (κ3) is 5.39. The van der Waals surface area contributed by atoms with Crippen LogP contribution in [-0.2, 0) is 6.54 Å². The molecule has 9 heteroatoms. The molecule has 0 atom stereocenters. The number of anilines is 2. The normalized spacial score (nSPS) is 17.1. The van der Waals surface area contributed by atoms with Gasteiger partial charge in [-0.1, -0.05) is 6.07 Å². The van der Waals surface area contributed by atoms with Crippen molar-refractivity contribution in [1.29, 1.82) is 0 Å². The molecule has 0 aliphatic carbocycles. The van der Waals surface area contributed by atoms with Crippen molar-refractivity contribution in [3.05, 3.63) is 66.2 Å². The lowest BCUT2D eigenvalue weighted by Gasteiger charge is -2.32. The third-order valence-electron chi connectivity index (χ3n) is 7.59. The molecule has 2 aliphatic rings. The number of amides is 1. The monoisotopic (exact) mass is 510 g/mol. The average molecular weight is 511 g/mol. The fraction of sp³-hybridized carbons (Fsp3) is 0.379. The van der Waals surface area contributed by atoms with Gasteiger partial charge in [-0.25, -0.2) is 4.98 Å². The van der Waals surface area contributed by atoms with Crippen molar-refractivity contribution in [2.75, 3.05) is 56.5 Å². The maximum atomic E-state index is 13.2. The van der Waals surface area contributed by atoms with E-state index < -0.39 is 0 Å². The molecule has 196 valence electrons. The SMILES string of the molecule is CN1CCN(Cc2cncc(-c3ccc4[nH]nc(C(=O)Nc5ccc(N6CCCCC6)nc5)c4c3)c2)CC1. The molecular formula is C29H34N8O. The van der Waals surface area contributed by atoms with Gasteiger partial charge in [-0.15, -0.1) is 0 Å². The number of likely N-dealkylation sites (N-methyl/N-ethyl adjacent to an activating group) is 1. The predicted octanol–water partition coefficient (Wildman–Crippen LogP) is 4.01. The zero-order valence-electron chi connectivity index (χ0n) is 21.9. The highest BCUT2D eigenvalue weighted by atomic mass is 16.1. The van der Waals surface area contributed by atoms with E-state index in [4.69, 9.17) is 0 Å². The Hall–Kier alpha value is -3.82. The number of aromatic amines is 1. The summed E-state index contributed by atoms with van der Waals surface area (Å²) in [5, 5.41) is 11.1. The number of benzene rings is 1. The first-order chi connectivity index (χ1) is 18.6. The summed E-state index contributed by atoms with van der Waals surface area (Å²) in [5.41, 5.74) is 5.07. The van der Waals surface area contributed by atoms with E-state index in [1.807, 2.05) is 42.7 Å². The van der Waals surface area contributed by atoms with Crippen LogP contribution in [0.1, 0.15) is 35.3 Å². The second-order valence-corrected chi connectivity index (χ2v) is 10.4. The lowest BCUT2D eigenvalue weighted by molar-refractivity contribution is 0.102. The topological polar surface area (TPSA) is 93.3 Å². The van der Waals surface area contributed by atoms with Crippen LogP contribution < -0.4 is 10.2 Å². The molecule has 0 unspecified atom stereocenters. The number of carbonyl (C=O) groups excluding carboxylic acids is 1. The number of fused-ring (bicyclic) bond motifs is 1. The van der Waals surface area contributed by atoms with Gasteiger partial charge in [0.2, 0.25) is 0 Å². The molecule has 3 aromatic heterocycles. The van der Waals surface area contributed by atoms with E-state index in [-0.39, 0.29) is 5.91 Å². The number of hydrogen-bond donors (Lipinski definition) is 2. The number of nitrogens with one attached hydrogen (secondary N) is 2. The Balaban J connectivity index is 1.18. The maximum absolute atomic E-state index is 13.2. The van der Waals surface area contributed by atoms with Gasteiger partial charge in [0, 0.05) is 69.2 Å². The van der Waals surface area contributed by atoms with Crippen molar-refractivity contribution in [3.63, 3.8) is 0 Å². The second-order valence-electron chi connectivity index (χ2n) is 10.4. The molecule has 5 heterocycles. The Kier molecular flexibility index (Phi) is 7.02. The summed E-state index contributed by atoms with van der Waals surface area (Å²) in [6.45, 7) is 7.28. The molecule has 1 amide bonds. The fourth-order valence-corrected chi connectivity index (χ4v) is 5.32. The number of pyridine rings is 2. The largest absolute Gasteiger partial charge is 0.357 e. The molecule has 2 aliphatic heterocycles. The highest BCUT2D eigenvalue weighted by Gasteiger charge is 2.18. The second kappa shape index (κ2) is 10.9. The Morgan fingerprint density at radius 3 is 2.55 bits per heavy atom. The van der Waals surface area contributed by atoms with Gasteiger partial charge >= 0.3 is 0 Å². The van der Waals surface area contributed by atoms with Gasteiger partial charge in [0.05, 0.1) is 17.4 Å². The summed E-state index contributed by atoms with van der Waals surface area (Å²) >= 11 is 0. The van der Waals surface area contributed by atoms with Crippen molar-refractivity contribution in [2.45, 2.75) is 25.8 Å². The number of piperidine rings is 1. The predicted molar refractivity (Wildman–Crippen MR) is 150 cm³/mol. The van der Waals surface area contributed by atoms with Crippen molar-refractivity contribution in [3.8, 4) is 11.1 Å². The fourth-order valence-electron chi connectivity index (χ4n) is 5.32. The van der Waals surface area contributed by atoms with Gasteiger partial charge < -0.3 is 15.1 Å². The van der Waals surface area contributed by atoms with E-state index in [0.717, 1.165) is 73.7 Å². The molecule has 4 aromatic rings. The Labute approximate surface area is 222 Å². The van der Waals surface area contributed by atoms with Crippen LogP contribution in [0.2, 0.25) is 0 Å². The minimum Gasteiger partial charge on any atom is -0.357 e. The molecule has 0 bridgehead atoms. The van der Waals surface area contributed by atoms with Gasteiger partial charge in [0.15, 0.2) is 5.69 Å². The minimum atomic E-state index is -0.261. The van der Waals surface area contributed by atoms with E-state index in [0.29, 0.717) is 11.4 Å². The van der Waals surface area contributed by atoms with Crippen molar-refractivity contribution in [2.24, 2.45) is 0 Å². The first kappa shape index (κ1) is 24.5. The Bertz CT molecular complexity index is 1400. The maximum Gasteiger partial charge on any atom is 0.276 e. The summed E-state index contributed by atoms with van der Waals surface area (Å²) < 4.78 is 0. The first-order valence-corrected chi connectivity index (χ1v) is 13.5. The smallest absolute Gasteiger partial charge is 0.276 e. The molecular weight excluding hydrogens is 476 g/mol. The quantitative estimate of drug-likeness (QED) is 0.405. The van der Waals surface area contributed by atoms with Gasteiger partial charge in [-0.3, -0.25) is 19.8 Å². The molecule has 2 N–H and O–H groups in total. The van der Waals surface area contributed by atoms with Crippen LogP contribution in [0.3, 0.4) is 0 Å². The molecule has 9 nitrogen and oxygen atoms in total. The van der Waals surface area contributed by atoms with E-state index in [9.17, 15) is 4.79 Å². The number of carbonyl (C=O) groups is 1. The summed E-state index contributed by atoms with van der Waals surface area (Å²) in [6, 6.07) is 12.1. The van der Waals surface area contributed by atoms with Crippen LogP contribution in [0.5, 0.6) is 0 Å². The van der Waals surface area contributed by atoms with Crippen molar-refractivity contribution in [1.82, 2.24) is 30.0 Å². The standard InChI is InChI=1S/C29H34N8O/c1-35-11-13-36(14-12-35)20-21-15-23(18-30-17-21)22-5-7-26-25(16-22)28(34-33-26)29(38)32-24-6-8-27(31-19-24)37-9-3-2-4-10-37/h5-8,15-19H,2-4,9-14,20H2,1H3,(H,32,38)(H,33,34). The van der Waals surface area contributed by atoms with Crippen LogP contribution in [0.25, 0.3) is 22.0 Å². The summed E-state index contributed by atoms with van der Waals surface area (Å²) in [5.74, 6) is 0.698. The molecule has 0 saturated carbocycles. The third-order valence-corrected chi connectivity index (χ3v) is 7.59. The number of rotatable bonds is 6. The number of H-pyrrole nitrogens is 1. The minimum absolute atomic E-state index is 0.261. The lowest BCUT2D eigenvalue weighted by Crippen LogP contribution is -2.43. The molecule has 2 saturated heterocycles. The molecule has 0 radical (unpaired) electrons. The van der Waals surface area contributed by atoms with E-state index >= 15 is 0 Å². The number of nitrogens with zero attached hydrogens (tertiary/aromatic N) is 6. The van der Waals surface area contributed by atoms with Gasteiger partial charge in [-0.2, -0.15) is 5.10 Å². The Morgan fingerprint density at radius 2 is 1.76 bits per heavy atom. The van der Waals surface area contributed by atoms with Crippen LogP contribution in [0.15, 0.2) is 55.0 Å². The molecule has 6 rings (SSSR count). The van der Waals surface area contributed by atoms with Crippen LogP contribution in [0, 0.1) is 0 Å². The van der Waals surface area contributed by atoms with E-state index in [1.54, 1.807) is 6.20 Å².